The largest absolute Gasteiger partial charge is 0.506 e. The van der Waals surface area contributed by atoms with Crippen LogP contribution in [0.2, 0.25) is 20.1 Å². The maximum absolute atomic E-state index is 11.9. The molecule has 4 aromatic rings. The minimum absolute atomic E-state index is 0.0426. The summed E-state index contributed by atoms with van der Waals surface area (Å²) in [6, 6.07) is 16.8. The zero-order valence-corrected chi connectivity index (χ0v) is 37.0. The minimum atomic E-state index is -0.908. The van der Waals surface area contributed by atoms with Crippen molar-refractivity contribution in [2.24, 2.45) is 0 Å². The number of aliphatic carboxylic acids is 1. The number of Topliss-reactive ketones (excluding diaryl/α,β-unsaturated/α-hetero) is 2. The van der Waals surface area contributed by atoms with Crippen LogP contribution in [0.1, 0.15) is 67.7 Å². The highest BCUT2D eigenvalue weighted by molar-refractivity contribution is 6.66. The Kier molecular flexibility index (Phi) is 17.1. The van der Waals surface area contributed by atoms with Crippen LogP contribution in [0.4, 0.5) is 0 Å². The standard InChI is InChI=1S/C15H18BClO4.C10H11ClO4.C10H9ClO3.C7H7ClO2/c1-14(2)15(3,4)21-16(20-14)10-6-5-9-11(18)7-8-19-13(9)12(10)17;1-14-7-3-2-4-8(10(7)11)15-6-5-9(12)13;1-13-8-3-2-6-7(12)4-5-14-10(6)9(8)11;1-10-6-4-2-3-5(9)7(6)8/h5-6H,7-8H2,1-4H3;2-4H,5-6H2,1H3,(H,12,13);2-3H,4-5H2,1H3;2-4,9H,1H3. The summed E-state index contributed by atoms with van der Waals surface area (Å²) >= 11 is 24.0. The molecule has 0 radical (unpaired) electrons. The van der Waals surface area contributed by atoms with Crippen LogP contribution in [0.25, 0.3) is 0 Å². The summed E-state index contributed by atoms with van der Waals surface area (Å²) in [5.41, 5.74) is 0.901. The minimum Gasteiger partial charge on any atom is -0.506 e. The monoisotopic (exact) mass is 908 g/mol. The van der Waals surface area contributed by atoms with Gasteiger partial charge >= 0.3 is 13.1 Å². The lowest BCUT2D eigenvalue weighted by Crippen LogP contribution is -2.41. The van der Waals surface area contributed by atoms with Gasteiger partial charge in [-0.15, -0.1) is 0 Å². The van der Waals surface area contributed by atoms with Crippen molar-refractivity contribution in [1.82, 2.24) is 0 Å². The van der Waals surface area contributed by atoms with Crippen molar-refractivity contribution >= 4 is 76.5 Å². The summed E-state index contributed by atoms with van der Waals surface area (Å²) in [6.07, 6.45) is 0.738. The Labute approximate surface area is 368 Å². The maximum atomic E-state index is 11.9. The summed E-state index contributed by atoms with van der Waals surface area (Å²) < 4.78 is 42.9. The summed E-state index contributed by atoms with van der Waals surface area (Å²) in [7, 11) is 3.97. The lowest BCUT2D eigenvalue weighted by atomic mass is 9.78. The molecule has 0 amide bonds. The first-order chi connectivity index (χ1) is 28.4. The molecule has 0 spiro atoms. The topological polar surface area (TPSA) is 166 Å². The SMILES string of the molecule is CC1(C)OB(c2ccc3c(c2Cl)OCCC3=O)OC1(C)C.COc1ccc2c(c1Cl)OCCC2=O.COc1cccc(O)c1Cl.COc1cccc(OCCC(=O)O)c1Cl. The first-order valence-electron chi connectivity index (χ1n) is 18.4. The van der Waals surface area contributed by atoms with Crippen LogP contribution in [0, 0.1) is 0 Å². The van der Waals surface area contributed by atoms with Crippen LogP contribution < -0.4 is 33.9 Å². The van der Waals surface area contributed by atoms with Crippen molar-refractivity contribution in [1.29, 1.82) is 0 Å². The number of methoxy groups -OCH3 is 3. The Morgan fingerprint density at radius 3 is 1.65 bits per heavy atom. The highest BCUT2D eigenvalue weighted by atomic mass is 35.5. The zero-order valence-electron chi connectivity index (χ0n) is 34.0. The van der Waals surface area contributed by atoms with Crippen molar-refractivity contribution in [2.45, 2.75) is 58.2 Å². The second-order valence-electron chi connectivity index (χ2n) is 14.0. The quantitative estimate of drug-likeness (QED) is 0.161. The fourth-order valence-electron chi connectivity index (χ4n) is 5.57. The van der Waals surface area contributed by atoms with E-state index in [-0.39, 0.29) is 35.4 Å². The third kappa shape index (κ3) is 11.6. The van der Waals surface area contributed by atoms with E-state index in [1.807, 2.05) is 27.7 Å². The summed E-state index contributed by atoms with van der Waals surface area (Å²) in [4.78, 5) is 33.6. The number of phenols is 1. The number of hydrogen-bond acceptors (Lipinski definition) is 12. The number of carbonyl (C=O) groups is 3. The molecule has 1 fully saturated rings. The van der Waals surface area contributed by atoms with Crippen LogP contribution in [-0.2, 0) is 14.1 Å². The number of fused-ring (bicyclic) bond motifs is 2. The number of phenolic OH excluding ortho intramolecular Hbond substituents is 1. The van der Waals surface area contributed by atoms with Crippen LogP contribution in [-0.4, -0.2) is 87.2 Å². The fraction of sp³-hybridized carbons (Fsp3) is 0.357. The number of benzene rings is 4. The molecular formula is C42H45BCl4O13. The van der Waals surface area contributed by atoms with Gasteiger partial charge in [0.1, 0.15) is 49.6 Å². The van der Waals surface area contributed by atoms with E-state index in [4.69, 9.17) is 94.3 Å². The predicted molar refractivity (Wildman–Crippen MR) is 229 cm³/mol. The molecule has 0 saturated carbocycles. The van der Waals surface area contributed by atoms with Gasteiger partial charge in [0.05, 0.1) is 74.9 Å². The number of carboxylic acid groups (broad SMARTS) is 1. The third-order valence-corrected chi connectivity index (χ3v) is 11.1. The van der Waals surface area contributed by atoms with Gasteiger partial charge in [0.2, 0.25) is 0 Å². The lowest BCUT2D eigenvalue weighted by molar-refractivity contribution is -0.137. The first kappa shape index (κ1) is 48.1. The Morgan fingerprint density at radius 1 is 0.667 bits per heavy atom. The second kappa shape index (κ2) is 21.3. The molecule has 2 N–H and O–H groups in total. The first-order valence-corrected chi connectivity index (χ1v) is 19.9. The van der Waals surface area contributed by atoms with Gasteiger partial charge in [0.15, 0.2) is 17.3 Å². The number of carboxylic acids is 1. The smallest absolute Gasteiger partial charge is 0.496 e. The van der Waals surface area contributed by atoms with E-state index in [1.165, 1.54) is 27.4 Å². The van der Waals surface area contributed by atoms with E-state index < -0.39 is 24.3 Å². The number of carbonyl (C=O) groups excluding carboxylic acids is 2. The highest BCUT2D eigenvalue weighted by Crippen LogP contribution is 2.41. The van der Waals surface area contributed by atoms with Gasteiger partial charge in [-0.2, -0.15) is 0 Å². The van der Waals surface area contributed by atoms with Gasteiger partial charge in [-0.1, -0.05) is 64.6 Å². The van der Waals surface area contributed by atoms with E-state index in [2.05, 4.69) is 0 Å². The van der Waals surface area contributed by atoms with Crippen molar-refractivity contribution in [2.75, 3.05) is 41.2 Å². The number of rotatable bonds is 8. The van der Waals surface area contributed by atoms with E-state index in [0.717, 1.165) is 0 Å². The molecule has 0 bridgehead atoms. The molecule has 4 aromatic carbocycles. The van der Waals surface area contributed by atoms with Crippen molar-refractivity contribution in [3.05, 3.63) is 91.9 Å². The second-order valence-corrected chi connectivity index (χ2v) is 15.5. The molecule has 3 heterocycles. The highest BCUT2D eigenvalue weighted by Gasteiger charge is 2.52. The number of aromatic hydroxyl groups is 1. The number of ether oxygens (including phenoxy) is 6. The van der Waals surface area contributed by atoms with Gasteiger partial charge in [-0.3, -0.25) is 14.4 Å². The zero-order chi connectivity index (χ0) is 44.4. The van der Waals surface area contributed by atoms with Gasteiger partial charge in [0.25, 0.3) is 0 Å². The van der Waals surface area contributed by atoms with Gasteiger partial charge in [-0.05, 0) is 70.2 Å². The molecular weight excluding hydrogens is 865 g/mol. The third-order valence-electron chi connectivity index (χ3n) is 9.55. The predicted octanol–water partition coefficient (Wildman–Crippen LogP) is 9.17. The Balaban J connectivity index is 0.000000183. The van der Waals surface area contributed by atoms with Crippen molar-refractivity contribution < 1.29 is 62.3 Å². The molecule has 3 aliphatic heterocycles. The van der Waals surface area contributed by atoms with Crippen molar-refractivity contribution in [3.63, 3.8) is 0 Å². The van der Waals surface area contributed by atoms with Crippen molar-refractivity contribution in [3.8, 4) is 40.2 Å². The Morgan fingerprint density at radius 2 is 1.13 bits per heavy atom. The number of hydrogen-bond donors (Lipinski definition) is 2. The maximum Gasteiger partial charge on any atom is 0.496 e. The van der Waals surface area contributed by atoms with Gasteiger partial charge < -0.3 is 47.9 Å². The molecule has 7 rings (SSSR count). The average Bonchev–Trinajstić information content (AvgIpc) is 3.43. The Bertz CT molecular complexity index is 2160. The van der Waals surface area contributed by atoms with Crippen LogP contribution in [0.5, 0.6) is 40.2 Å². The van der Waals surface area contributed by atoms with E-state index >= 15 is 0 Å². The normalized spacial score (nSPS) is 15.4. The molecule has 0 atom stereocenters. The van der Waals surface area contributed by atoms with E-state index in [1.54, 1.807) is 54.6 Å². The molecule has 18 heteroatoms. The molecule has 0 unspecified atom stereocenters. The van der Waals surface area contributed by atoms with Gasteiger partial charge in [-0.25, -0.2) is 0 Å². The summed E-state index contributed by atoms with van der Waals surface area (Å²) in [6.45, 7) is 8.77. The summed E-state index contributed by atoms with van der Waals surface area (Å²) in [5.74, 6) is 2.09. The van der Waals surface area contributed by atoms with Gasteiger partial charge in [0, 0.05) is 18.3 Å². The Hall–Kier alpha value is -4.57. The molecule has 60 heavy (non-hydrogen) atoms. The summed E-state index contributed by atoms with van der Waals surface area (Å²) in [5, 5.41) is 18.8. The van der Waals surface area contributed by atoms with Crippen LogP contribution >= 0.6 is 46.4 Å². The van der Waals surface area contributed by atoms with E-state index in [9.17, 15) is 14.4 Å². The average molecular weight is 910 g/mol. The van der Waals surface area contributed by atoms with E-state index in [0.29, 0.717) is 92.2 Å². The molecule has 1 saturated heterocycles. The van der Waals surface area contributed by atoms with Crippen LogP contribution in [0.15, 0.2) is 60.7 Å². The number of halogens is 4. The molecule has 3 aliphatic rings. The molecule has 322 valence electrons. The lowest BCUT2D eigenvalue weighted by Gasteiger charge is -2.32. The number of ketones is 2. The van der Waals surface area contributed by atoms with Crippen LogP contribution in [0.3, 0.4) is 0 Å². The fourth-order valence-corrected chi connectivity index (χ4v) is 6.63. The molecule has 0 aliphatic carbocycles. The molecule has 13 nitrogen and oxygen atoms in total. The molecule has 0 aromatic heterocycles.